The van der Waals surface area contributed by atoms with Crippen molar-refractivity contribution < 1.29 is 32.5 Å². The smallest absolute Gasteiger partial charge is 0.417 e. The van der Waals surface area contributed by atoms with E-state index in [0.29, 0.717) is 5.56 Å². The van der Waals surface area contributed by atoms with Crippen LogP contribution in [-0.2, 0) is 15.7 Å². The molecule has 1 fully saturated rings. The van der Waals surface area contributed by atoms with Crippen molar-refractivity contribution >= 4 is 11.4 Å². The number of Topliss-reactive ketones (excluding diaryl/α,β-unsaturated/α-hetero) is 1. The number of hydrogen-bond donors (Lipinski definition) is 1. The van der Waals surface area contributed by atoms with Crippen LogP contribution in [0.15, 0.2) is 42.2 Å². The summed E-state index contributed by atoms with van der Waals surface area (Å²) in [5.74, 6) is -0.00517. The number of benzene rings is 2. The Kier molecular flexibility index (Phi) is 5.52. The van der Waals surface area contributed by atoms with Crippen LogP contribution in [-0.4, -0.2) is 22.1 Å². The van der Waals surface area contributed by atoms with Gasteiger partial charge in [0.05, 0.1) is 22.8 Å². The Morgan fingerprint density at radius 3 is 2.26 bits per heavy atom. The van der Waals surface area contributed by atoms with E-state index in [2.05, 4.69) is 0 Å². The highest BCUT2D eigenvalue weighted by Crippen LogP contribution is 2.48. The van der Waals surface area contributed by atoms with Crippen LogP contribution < -0.4 is 4.74 Å². The first-order valence-corrected chi connectivity index (χ1v) is 10.9. The van der Waals surface area contributed by atoms with Crippen LogP contribution in [0.2, 0.25) is 0 Å². The molecule has 0 atom stereocenters. The highest BCUT2D eigenvalue weighted by molar-refractivity contribution is 6.26. The molecule has 34 heavy (non-hydrogen) atoms. The number of aliphatic hydroxyl groups is 1. The van der Waals surface area contributed by atoms with E-state index < -0.39 is 28.5 Å². The van der Waals surface area contributed by atoms with Gasteiger partial charge in [-0.2, -0.15) is 18.4 Å². The number of rotatable bonds is 4. The molecule has 8 heteroatoms. The molecule has 1 saturated carbocycles. The molecule has 0 bridgehead atoms. The molecule has 0 saturated heterocycles. The fourth-order valence-electron chi connectivity index (χ4n) is 4.32. The zero-order valence-electron chi connectivity index (χ0n) is 19.2. The lowest BCUT2D eigenvalue weighted by molar-refractivity contribution is -0.158. The van der Waals surface area contributed by atoms with Gasteiger partial charge in [-0.05, 0) is 87.9 Å². The van der Waals surface area contributed by atoms with Gasteiger partial charge in [-0.1, -0.05) is 6.07 Å². The van der Waals surface area contributed by atoms with E-state index in [-0.39, 0.29) is 34.5 Å². The molecular formula is C26H24F3NO4. The summed E-state index contributed by atoms with van der Waals surface area (Å²) in [5, 5.41) is 20.1. The lowest BCUT2D eigenvalue weighted by Gasteiger charge is -2.40. The molecule has 0 radical (unpaired) electrons. The minimum Gasteiger partial charge on any atom is -0.508 e. The third-order valence-corrected chi connectivity index (χ3v) is 6.06. The predicted molar refractivity (Wildman–Crippen MR) is 118 cm³/mol. The molecule has 1 aliphatic heterocycles. The second kappa shape index (κ2) is 7.88. The van der Waals surface area contributed by atoms with Crippen molar-refractivity contribution in [3.05, 3.63) is 64.4 Å². The molecule has 0 amide bonds. The van der Waals surface area contributed by atoms with Gasteiger partial charge in [-0.25, -0.2) is 0 Å². The highest BCUT2D eigenvalue weighted by atomic mass is 19.4. The summed E-state index contributed by atoms with van der Waals surface area (Å²) in [4.78, 5) is 13.3. The summed E-state index contributed by atoms with van der Waals surface area (Å²) in [6.07, 6.45) is -2.76. The quantitative estimate of drug-likeness (QED) is 0.539. The third kappa shape index (κ3) is 4.28. The molecule has 5 nitrogen and oxygen atoms in total. The molecule has 2 aromatic rings. The van der Waals surface area contributed by atoms with Gasteiger partial charge < -0.3 is 14.6 Å². The van der Waals surface area contributed by atoms with Crippen LogP contribution in [0, 0.1) is 11.3 Å². The van der Waals surface area contributed by atoms with E-state index in [4.69, 9.17) is 14.7 Å². The van der Waals surface area contributed by atoms with E-state index in [1.165, 1.54) is 0 Å². The number of aliphatic hydroxyl groups excluding tert-OH is 1. The summed E-state index contributed by atoms with van der Waals surface area (Å²) in [6, 6.07) is 9.60. The van der Waals surface area contributed by atoms with Crippen molar-refractivity contribution in [1.29, 1.82) is 5.26 Å². The van der Waals surface area contributed by atoms with Gasteiger partial charge in [0.1, 0.15) is 28.5 Å². The largest absolute Gasteiger partial charge is 0.508 e. The molecule has 1 heterocycles. The van der Waals surface area contributed by atoms with Crippen molar-refractivity contribution in [2.75, 3.05) is 0 Å². The number of halogens is 3. The SMILES string of the molecule is CC1(C)OC(C)(C)C(O)=C(c2cc(Oc3ccc(C(F)(F)F)c(C#N)c3)ccc2C2CC2)C1=O. The van der Waals surface area contributed by atoms with Gasteiger partial charge in [0, 0.05) is 0 Å². The van der Waals surface area contributed by atoms with Crippen LogP contribution >= 0.6 is 0 Å². The molecule has 0 spiro atoms. The van der Waals surface area contributed by atoms with Gasteiger partial charge >= 0.3 is 6.18 Å². The Balaban J connectivity index is 1.79. The normalized spacial score (nSPS) is 19.6. The standard InChI is InChI=1S/C26H24F3NO4/c1-24(2)22(31)21(23(32)25(3,4)34-24)19-12-17(7-9-18(19)14-5-6-14)33-16-8-10-20(26(27,28)29)15(11-16)13-30/h7-12,14,31H,5-6H2,1-4H3. The van der Waals surface area contributed by atoms with Crippen molar-refractivity contribution in [3.8, 4) is 17.6 Å². The van der Waals surface area contributed by atoms with Crippen LogP contribution in [0.25, 0.3) is 5.57 Å². The van der Waals surface area contributed by atoms with E-state index >= 15 is 0 Å². The number of carbonyl (C=O) groups excluding carboxylic acids is 1. The summed E-state index contributed by atoms with van der Waals surface area (Å²) in [7, 11) is 0. The lowest BCUT2D eigenvalue weighted by atomic mass is 9.81. The van der Waals surface area contributed by atoms with E-state index in [9.17, 15) is 23.1 Å². The minimum absolute atomic E-state index is 0.0480. The summed E-state index contributed by atoms with van der Waals surface area (Å²) in [6.45, 7) is 6.65. The Labute approximate surface area is 195 Å². The van der Waals surface area contributed by atoms with Crippen LogP contribution in [0.3, 0.4) is 0 Å². The second-order valence-electron chi connectivity index (χ2n) is 9.62. The zero-order chi connectivity index (χ0) is 25.1. The molecule has 2 aliphatic rings. The van der Waals surface area contributed by atoms with Crippen molar-refractivity contribution in [3.63, 3.8) is 0 Å². The average molecular weight is 471 g/mol. The first-order chi connectivity index (χ1) is 15.7. The van der Waals surface area contributed by atoms with Crippen LogP contribution in [0.5, 0.6) is 11.5 Å². The maximum absolute atomic E-state index is 13.3. The summed E-state index contributed by atoms with van der Waals surface area (Å²) < 4.78 is 51.0. The molecule has 1 N–H and O–H groups in total. The predicted octanol–water partition coefficient (Wildman–Crippen LogP) is 6.67. The molecule has 2 aromatic carbocycles. The number of nitriles is 1. The van der Waals surface area contributed by atoms with Crippen LogP contribution in [0.1, 0.15) is 68.7 Å². The summed E-state index contributed by atoms with van der Waals surface area (Å²) >= 11 is 0. The van der Waals surface area contributed by atoms with Gasteiger partial charge in [-0.15, -0.1) is 0 Å². The maximum Gasteiger partial charge on any atom is 0.417 e. The second-order valence-corrected chi connectivity index (χ2v) is 9.62. The van der Waals surface area contributed by atoms with Gasteiger partial charge in [-0.3, -0.25) is 4.79 Å². The molecule has 4 rings (SSSR count). The number of nitrogens with zero attached hydrogens (tertiary/aromatic N) is 1. The van der Waals surface area contributed by atoms with Gasteiger partial charge in [0.2, 0.25) is 0 Å². The third-order valence-electron chi connectivity index (χ3n) is 6.06. The Hall–Kier alpha value is -3.31. The summed E-state index contributed by atoms with van der Waals surface area (Å²) in [5.41, 5.74) is -2.31. The number of carbonyl (C=O) groups is 1. The number of ether oxygens (including phenoxy) is 2. The fraction of sp³-hybridized carbons (Fsp3) is 0.385. The van der Waals surface area contributed by atoms with Crippen LogP contribution in [0.4, 0.5) is 13.2 Å². The lowest BCUT2D eigenvalue weighted by Crippen LogP contribution is -2.49. The number of hydrogen-bond acceptors (Lipinski definition) is 5. The number of alkyl halides is 3. The monoisotopic (exact) mass is 471 g/mol. The van der Waals surface area contributed by atoms with E-state index in [0.717, 1.165) is 36.6 Å². The Morgan fingerprint density at radius 1 is 1.06 bits per heavy atom. The maximum atomic E-state index is 13.3. The molecule has 0 aromatic heterocycles. The topological polar surface area (TPSA) is 79.5 Å². The van der Waals surface area contributed by atoms with Crippen molar-refractivity contribution in [2.24, 2.45) is 0 Å². The first-order valence-electron chi connectivity index (χ1n) is 10.9. The first kappa shape index (κ1) is 23.8. The molecular weight excluding hydrogens is 447 g/mol. The van der Waals surface area contributed by atoms with Gasteiger partial charge in [0.15, 0.2) is 5.78 Å². The van der Waals surface area contributed by atoms with E-state index in [1.54, 1.807) is 52.0 Å². The fourth-order valence-corrected chi connectivity index (χ4v) is 4.32. The molecule has 178 valence electrons. The molecule has 0 unspecified atom stereocenters. The Morgan fingerprint density at radius 2 is 1.68 bits per heavy atom. The van der Waals surface area contributed by atoms with Crippen molar-refractivity contribution in [2.45, 2.75) is 63.8 Å². The Bertz CT molecular complexity index is 1250. The molecule has 1 aliphatic carbocycles. The highest BCUT2D eigenvalue weighted by Gasteiger charge is 2.48. The zero-order valence-corrected chi connectivity index (χ0v) is 19.2. The van der Waals surface area contributed by atoms with Gasteiger partial charge in [0.25, 0.3) is 0 Å². The van der Waals surface area contributed by atoms with E-state index in [1.807, 2.05) is 0 Å². The average Bonchev–Trinajstić information content (AvgIpc) is 3.57. The number of ketones is 1. The van der Waals surface area contributed by atoms with Crippen molar-refractivity contribution in [1.82, 2.24) is 0 Å². The minimum atomic E-state index is -4.66.